The Labute approximate surface area is 127 Å². The third-order valence-electron chi connectivity index (χ3n) is 2.00. The van der Waals surface area contributed by atoms with Crippen molar-refractivity contribution in [1.29, 1.82) is 0 Å². The maximum absolute atomic E-state index is 5.26. The van der Waals surface area contributed by atoms with E-state index in [4.69, 9.17) is 4.74 Å². The van der Waals surface area contributed by atoms with Crippen LogP contribution in [-0.4, -0.2) is 51.3 Å². The molecular weight excluding hydrogens is 349 g/mol. The molecule has 0 aliphatic heterocycles. The first-order valence-electron chi connectivity index (χ1n) is 5.86. The highest BCUT2D eigenvalue weighted by atomic mass is 127. The van der Waals surface area contributed by atoms with E-state index in [2.05, 4.69) is 21.9 Å². The fraction of sp³-hybridized carbons (Fsp3) is 0.909. The van der Waals surface area contributed by atoms with E-state index < -0.39 is 0 Å². The van der Waals surface area contributed by atoms with Gasteiger partial charge in [0.2, 0.25) is 0 Å². The van der Waals surface area contributed by atoms with Crippen molar-refractivity contribution in [3.05, 3.63) is 0 Å². The fourth-order valence-electron chi connectivity index (χ4n) is 1.17. The van der Waals surface area contributed by atoms with Crippen molar-refractivity contribution in [2.24, 2.45) is 4.99 Å². The van der Waals surface area contributed by atoms with E-state index >= 15 is 0 Å². The predicted molar refractivity (Wildman–Crippen MR) is 88.9 cm³/mol. The third kappa shape index (κ3) is 14.2. The number of rotatable bonds is 9. The lowest BCUT2D eigenvalue weighted by atomic mass is 10.4. The Morgan fingerprint density at radius 1 is 1.24 bits per heavy atom. The van der Waals surface area contributed by atoms with E-state index in [1.54, 1.807) is 7.05 Å². The van der Waals surface area contributed by atoms with Crippen molar-refractivity contribution in [2.75, 3.05) is 45.4 Å². The van der Waals surface area contributed by atoms with Gasteiger partial charge in [0.25, 0.3) is 0 Å². The van der Waals surface area contributed by atoms with Crippen molar-refractivity contribution >= 4 is 41.7 Å². The molecule has 0 aromatic rings. The summed E-state index contributed by atoms with van der Waals surface area (Å²) in [6.45, 7) is 5.50. The van der Waals surface area contributed by atoms with Gasteiger partial charge in [0.05, 0.1) is 0 Å². The van der Waals surface area contributed by atoms with Crippen LogP contribution in [0.3, 0.4) is 0 Å². The number of nitrogens with zero attached hydrogens (tertiary/aromatic N) is 1. The van der Waals surface area contributed by atoms with Crippen molar-refractivity contribution in [3.63, 3.8) is 0 Å². The molecule has 0 saturated carbocycles. The summed E-state index contributed by atoms with van der Waals surface area (Å²) in [5.74, 6) is 2.08. The monoisotopic (exact) mass is 375 g/mol. The quantitative estimate of drug-likeness (QED) is 0.280. The first kappa shape index (κ1) is 19.6. The molecule has 0 aromatic heterocycles. The molecule has 2 N–H and O–H groups in total. The third-order valence-corrected chi connectivity index (χ3v) is 2.70. The average Bonchev–Trinajstić information content (AvgIpc) is 2.31. The molecule has 0 aliphatic rings. The molecule has 0 heterocycles. The molecule has 6 heteroatoms. The molecule has 0 unspecified atom stereocenters. The number of aliphatic imine (C=N–C) groups is 1. The van der Waals surface area contributed by atoms with Crippen LogP contribution in [0.2, 0.25) is 0 Å². The Kier molecular flexibility index (Phi) is 18.8. The van der Waals surface area contributed by atoms with Gasteiger partial charge >= 0.3 is 0 Å². The van der Waals surface area contributed by atoms with Crippen LogP contribution < -0.4 is 10.6 Å². The lowest BCUT2D eigenvalue weighted by molar-refractivity contribution is 0.145. The Morgan fingerprint density at radius 2 is 1.88 bits per heavy atom. The average molecular weight is 375 g/mol. The highest BCUT2D eigenvalue weighted by Crippen LogP contribution is 1.93. The minimum absolute atomic E-state index is 0. The van der Waals surface area contributed by atoms with Crippen LogP contribution in [0.15, 0.2) is 4.99 Å². The summed E-state index contributed by atoms with van der Waals surface area (Å²) in [5.41, 5.74) is 0. The molecule has 0 bridgehead atoms. The maximum Gasteiger partial charge on any atom is 0.190 e. The highest BCUT2D eigenvalue weighted by Gasteiger charge is 1.95. The van der Waals surface area contributed by atoms with Gasteiger partial charge in [0, 0.05) is 33.4 Å². The van der Waals surface area contributed by atoms with E-state index in [0.717, 1.165) is 38.7 Å². The second-order valence-electron chi connectivity index (χ2n) is 3.32. The summed E-state index contributed by atoms with van der Waals surface area (Å²) in [4.78, 5) is 4.15. The number of hydrogen-bond acceptors (Lipinski definition) is 3. The van der Waals surface area contributed by atoms with Crippen LogP contribution in [0.1, 0.15) is 19.8 Å². The molecule has 0 saturated heterocycles. The smallest absolute Gasteiger partial charge is 0.190 e. The Hall–Kier alpha value is 0.310. The van der Waals surface area contributed by atoms with Crippen molar-refractivity contribution in [1.82, 2.24) is 10.6 Å². The van der Waals surface area contributed by atoms with Gasteiger partial charge in [-0.25, -0.2) is 0 Å². The Morgan fingerprint density at radius 3 is 2.41 bits per heavy atom. The molecule has 0 fully saturated rings. The van der Waals surface area contributed by atoms with Crippen LogP contribution in [-0.2, 0) is 4.74 Å². The number of nitrogens with one attached hydrogen (secondary N) is 2. The number of guanidine groups is 1. The van der Waals surface area contributed by atoms with Gasteiger partial charge in [-0.15, -0.1) is 24.0 Å². The first-order valence-corrected chi connectivity index (χ1v) is 7.25. The van der Waals surface area contributed by atoms with Crippen LogP contribution in [0.4, 0.5) is 0 Å². The lowest BCUT2D eigenvalue weighted by Gasteiger charge is -2.11. The summed E-state index contributed by atoms with van der Waals surface area (Å²) in [5, 5.41) is 6.54. The standard InChI is InChI=1S/C11H25N3OS.HI/c1-4-15-9-5-7-13-11(12-2)14-8-6-10-16-3;/h4-10H2,1-3H3,(H2,12,13,14);1H. The normalized spacial score (nSPS) is 10.9. The zero-order valence-electron chi connectivity index (χ0n) is 11.1. The molecule has 0 radical (unpaired) electrons. The molecule has 0 spiro atoms. The maximum atomic E-state index is 5.26. The summed E-state index contributed by atoms with van der Waals surface area (Å²) >= 11 is 1.87. The number of thioether (sulfide) groups is 1. The van der Waals surface area contributed by atoms with E-state index in [1.165, 1.54) is 12.2 Å². The molecule has 0 amide bonds. The topological polar surface area (TPSA) is 45.6 Å². The summed E-state index contributed by atoms with van der Waals surface area (Å²) in [6.07, 6.45) is 4.31. The minimum Gasteiger partial charge on any atom is -0.382 e. The van der Waals surface area contributed by atoms with Crippen molar-refractivity contribution in [2.45, 2.75) is 19.8 Å². The van der Waals surface area contributed by atoms with E-state index in [9.17, 15) is 0 Å². The van der Waals surface area contributed by atoms with E-state index in [-0.39, 0.29) is 24.0 Å². The van der Waals surface area contributed by atoms with Gasteiger partial charge in [0.1, 0.15) is 0 Å². The van der Waals surface area contributed by atoms with Gasteiger partial charge in [-0.3, -0.25) is 4.99 Å². The van der Waals surface area contributed by atoms with Crippen LogP contribution in [0.5, 0.6) is 0 Å². The zero-order chi connectivity index (χ0) is 12.1. The van der Waals surface area contributed by atoms with Gasteiger partial charge in [-0.1, -0.05) is 0 Å². The predicted octanol–water partition coefficient (Wildman–Crippen LogP) is 1.95. The molecule has 0 rings (SSSR count). The molecule has 0 aromatic carbocycles. The first-order chi connectivity index (χ1) is 7.85. The fourth-order valence-corrected chi connectivity index (χ4v) is 1.60. The minimum atomic E-state index is 0. The van der Waals surface area contributed by atoms with Crippen molar-refractivity contribution < 1.29 is 4.74 Å². The molecule has 0 atom stereocenters. The Balaban J connectivity index is 0. The van der Waals surface area contributed by atoms with E-state index in [1.807, 2.05) is 18.7 Å². The number of halogens is 1. The molecule has 104 valence electrons. The second kappa shape index (κ2) is 16.3. The molecule has 17 heavy (non-hydrogen) atoms. The molecule has 0 aliphatic carbocycles. The summed E-state index contributed by atoms with van der Waals surface area (Å²) in [7, 11) is 1.80. The second-order valence-corrected chi connectivity index (χ2v) is 4.31. The number of hydrogen-bond donors (Lipinski definition) is 2. The number of ether oxygens (including phenoxy) is 1. The SMILES string of the molecule is CCOCCCNC(=NC)NCCCSC.I. The van der Waals surface area contributed by atoms with Gasteiger partial charge in [-0.2, -0.15) is 11.8 Å². The summed E-state index contributed by atoms with van der Waals surface area (Å²) < 4.78 is 5.26. The zero-order valence-corrected chi connectivity index (χ0v) is 14.3. The van der Waals surface area contributed by atoms with Gasteiger partial charge in [-0.05, 0) is 31.8 Å². The van der Waals surface area contributed by atoms with Gasteiger partial charge < -0.3 is 15.4 Å². The largest absolute Gasteiger partial charge is 0.382 e. The van der Waals surface area contributed by atoms with Crippen molar-refractivity contribution in [3.8, 4) is 0 Å². The molecular formula is C11H26IN3OS. The van der Waals surface area contributed by atoms with Gasteiger partial charge in [0.15, 0.2) is 5.96 Å². The van der Waals surface area contributed by atoms with E-state index in [0.29, 0.717) is 0 Å². The highest BCUT2D eigenvalue weighted by molar-refractivity contribution is 14.0. The van der Waals surface area contributed by atoms with Crippen LogP contribution >= 0.6 is 35.7 Å². The summed E-state index contributed by atoms with van der Waals surface area (Å²) in [6, 6.07) is 0. The lowest BCUT2D eigenvalue weighted by Crippen LogP contribution is -2.38. The van der Waals surface area contributed by atoms with Crippen LogP contribution in [0.25, 0.3) is 0 Å². The Bertz CT molecular complexity index is 182. The molecule has 4 nitrogen and oxygen atoms in total. The van der Waals surface area contributed by atoms with Crippen LogP contribution in [0, 0.1) is 0 Å².